The minimum absolute atomic E-state index is 0.0394. The van der Waals surface area contributed by atoms with Crippen LogP contribution >= 0.6 is 0 Å². The molecule has 132 valence electrons. The van der Waals surface area contributed by atoms with Crippen LogP contribution in [-0.2, 0) is 6.42 Å². The number of nitrogens with zero attached hydrogens (tertiary/aromatic N) is 2. The number of anilines is 1. The average molecular weight is 343 g/mol. The highest BCUT2D eigenvalue weighted by molar-refractivity contribution is 6.02. The summed E-state index contributed by atoms with van der Waals surface area (Å²) < 4.78 is 16.2. The first-order chi connectivity index (χ1) is 12.0. The second-order valence-corrected chi connectivity index (χ2v) is 5.96. The Hall–Kier alpha value is -2.83. The lowest BCUT2D eigenvalue weighted by Crippen LogP contribution is -2.23. The van der Waals surface area contributed by atoms with Crippen LogP contribution in [0.2, 0.25) is 0 Å². The van der Waals surface area contributed by atoms with Gasteiger partial charge in [-0.2, -0.15) is 0 Å². The van der Waals surface area contributed by atoms with Gasteiger partial charge in [-0.15, -0.1) is 0 Å². The number of nitrogens with two attached hydrogens (primary N) is 1. The third-order valence-corrected chi connectivity index (χ3v) is 4.43. The van der Waals surface area contributed by atoms with Crippen LogP contribution < -0.4 is 19.9 Å². The van der Waals surface area contributed by atoms with E-state index >= 15 is 0 Å². The van der Waals surface area contributed by atoms with Crippen LogP contribution in [0.25, 0.3) is 0 Å². The van der Waals surface area contributed by atoms with Gasteiger partial charge in [0, 0.05) is 6.42 Å². The minimum atomic E-state index is -0.0440. The van der Waals surface area contributed by atoms with E-state index in [1.165, 1.54) is 0 Å². The predicted octanol–water partition coefficient (Wildman–Crippen LogP) is 2.31. The number of carbonyl (C=O) groups is 1. The molecule has 1 aromatic carbocycles. The fraction of sp³-hybridized carbons (Fsp3) is 0.389. The van der Waals surface area contributed by atoms with E-state index in [9.17, 15) is 4.79 Å². The van der Waals surface area contributed by atoms with Crippen LogP contribution in [0.3, 0.4) is 0 Å². The summed E-state index contributed by atoms with van der Waals surface area (Å²) in [6.45, 7) is 1.77. The number of fused-ring (bicyclic) bond motifs is 1. The van der Waals surface area contributed by atoms with Crippen LogP contribution in [0.5, 0.6) is 17.2 Å². The Balaban J connectivity index is 2.05. The third kappa shape index (κ3) is 2.97. The Morgan fingerprint density at radius 2 is 1.68 bits per heavy atom. The van der Waals surface area contributed by atoms with E-state index < -0.39 is 0 Å². The third-order valence-electron chi connectivity index (χ3n) is 4.43. The van der Waals surface area contributed by atoms with E-state index in [0.29, 0.717) is 47.2 Å². The summed E-state index contributed by atoms with van der Waals surface area (Å²) in [7, 11) is 4.70. The zero-order valence-corrected chi connectivity index (χ0v) is 14.8. The van der Waals surface area contributed by atoms with Gasteiger partial charge in [-0.3, -0.25) is 4.79 Å². The molecule has 1 aliphatic rings. The average Bonchev–Trinajstić information content (AvgIpc) is 2.59. The Morgan fingerprint density at radius 1 is 1.04 bits per heavy atom. The molecular weight excluding hydrogens is 322 g/mol. The standard InChI is InChI=1S/C18H21N3O4/c1-9-20-12-5-10(6-13(22)16(12)18(19)21-9)11-7-14(23-2)17(25-4)15(8-11)24-3/h7-8,10H,5-6H2,1-4H3,(H2,19,20,21)/t10-/m0/s1. The van der Waals surface area contributed by atoms with Crippen molar-refractivity contribution >= 4 is 11.6 Å². The molecule has 1 heterocycles. The van der Waals surface area contributed by atoms with Gasteiger partial charge in [0.15, 0.2) is 17.3 Å². The van der Waals surface area contributed by atoms with Crippen LogP contribution in [0.1, 0.15) is 39.8 Å². The summed E-state index contributed by atoms with van der Waals surface area (Å²) in [5.41, 5.74) is 8.00. The molecule has 7 heteroatoms. The van der Waals surface area contributed by atoms with Crippen molar-refractivity contribution in [3.63, 3.8) is 0 Å². The second-order valence-electron chi connectivity index (χ2n) is 5.96. The molecule has 3 rings (SSSR count). The smallest absolute Gasteiger partial charge is 0.203 e. The number of hydrogen-bond donors (Lipinski definition) is 1. The van der Waals surface area contributed by atoms with Crippen molar-refractivity contribution < 1.29 is 19.0 Å². The highest BCUT2D eigenvalue weighted by Crippen LogP contribution is 2.42. The Bertz CT molecular complexity index is 810. The van der Waals surface area contributed by atoms with Crippen molar-refractivity contribution in [1.29, 1.82) is 0 Å². The molecule has 1 aromatic heterocycles. The molecule has 0 amide bonds. The fourth-order valence-electron chi connectivity index (χ4n) is 3.31. The van der Waals surface area contributed by atoms with Gasteiger partial charge in [0.25, 0.3) is 0 Å². The molecule has 0 spiro atoms. The molecule has 1 atom stereocenters. The Morgan fingerprint density at radius 3 is 2.24 bits per heavy atom. The molecule has 0 saturated carbocycles. The molecule has 25 heavy (non-hydrogen) atoms. The van der Waals surface area contributed by atoms with Crippen LogP contribution in [-0.4, -0.2) is 37.1 Å². The molecule has 0 aliphatic heterocycles. The molecule has 2 N–H and O–H groups in total. The molecular formula is C18H21N3O4. The molecule has 2 aromatic rings. The number of aromatic nitrogens is 2. The van der Waals surface area contributed by atoms with Gasteiger partial charge in [-0.1, -0.05) is 0 Å². The number of aryl methyl sites for hydroxylation is 1. The van der Waals surface area contributed by atoms with E-state index in [1.54, 1.807) is 28.3 Å². The number of hydrogen-bond acceptors (Lipinski definition) is 7. The van der Waals surface area contributed by atoms with Gasteiger partial charge >= 0.3 is 0 Å². The zero-order valence-electron chi connectivity index (χ0n) is 14.8. The first-order valence-corrected chi connectivity index (χ1v) is 7.94. The first kappa shape index (κ1) is 17.0. The topological polar surface area (TPSA) is 96.6 Å². The molecule has 0 fully saturated rings. The lowest BCUT2D eigenvalue weighted by Gasteiger charge is -2.25. The normalized spacial score (nSPS) is 16.3. The molecule has 0 bridgehead atoms. The summed E-state index contributed by atoms with van der Waals surface area (Å²) in [6.07, 6.45) is 0.940. The van der Waals surface area contributed by atoms with E-state index in [2.05, 4.69) is 9.97 Å². The van der Waals surface area contributed by atoms with Crippen molar-refractivity contribution in [3.8, 4) is 17.2 Å². The van der Waals surface area contributed by atoms with Crippen molar-refractivity contribution in [3.05, 3.63) is 34.8 Å². The van der Waals surface area contributed by atoms with Gasteiger partial charge in [-0.25, -0.2) is 9.97 Å². The van der Waals surface area contributed by atoms with Gasteiger partial charge in [0.1, 0.15) is 11.6 Å². The van der Waals surface area contributed by atoms with Gasteiger partial charge < -0.3 is 19.9 Å². The SMILES string of the molecule is COc1cc([C@@H]2CC(=O)c3c(N)nc(C)nc3C2)cc(OC)c1OC. The number of carbonyl (C=O) groups excluding carboxylic acids is 1. The summed E-state index contributed by atoms with van der Waals surface area (Å²) in [5.74, 6) is 2.39. The van der Waals surface area contributed by atoms with Gasteiger partial charge in [-0.05, 0) is 37.0 Å². The number of nitrogen functional groups attached to an aromatic ring is 1. The summed E-state index contributed by atoms with van der Waals surface area (Å²) in [5, 5.41) is 0. The number of methoxy groups -OCH3 is 3. The lowest BCUT2D eigenvalue weighted by atomic mass is 9.81. The van der Waals surface area contributed by atoms with E-state index in [-0.39, 0.29) is 17.5 Å². The van der Waals surface area contributed by atoms with Crippen molar-refractivity contribution in [2.45, 2.75) is 25.7 Å². The second kappa shape index (κ2) is 6.58. The number of ether oxygens (including phenoxy) is 3. The van der Waals surface area contributed by atoms with Crippen molar-refractivity contribution in [2.24, 2.45) is 0 Å². The first-order valence-electron chi connectivity index (χ1n) is 7.94. The fourth-order valence-corrected chi connectivity index (χ4v) is 3.31. The summed E-state index contributed by atoms with van der Waals surface area (Å²) >= 11 is 0. The minimum Gasteiger partial charge on any atom is -0.493 e. The maximum absolute atomic E-state index is 12.6. The van der Waals surface area contributed by atoms with E-state index in [1.807, 2.05) is 12.1 Å². The quantitative estimate of drug-likeness (QED) is 0.910. The maximum Gasteiger partial charge on any atom is 0.203 e. The number of ketones is 1. The lowest BCUT2D eigenvalue weighted by molar-refractivity contribution is 0.0963. The van der Waals surface area contributed by atoms with Crippen molar-refractivity contribution in [2.75, 3.05) is 27.1 Å². The summed E-state index contributed by atoms with van der Waals surface area (Å²) in [6, 6.07) is 3.75. The summed E-state index contributed by atoms with van der Waals surface area (Å²) in [4.78, 5) is 21.1. The van der Waals surface area contributed by atoms with Gasteiger partial charge in [0.05, 0.1) is 32.6 Å². The molecule has 0 unspecified atom stereocenters. The maximum atomic E-state index is 12.6. The number of rotatable bonds is 4. The van der Waals surface area contributed by atoms with E-state index in [4.69, 9.17) is 19.9 Å². The Kier molecular flexibility index (Phi) is 4.48. The number of Topliss-reactive ketones (excluding diaryl/α,β-unsaturated/α-hetero) is 1. The van der Waals surface area contributed by atoms with Crippen LogP contribution in [0.4, 0.5) is 5.82 Å². The molecule has 1 aliphatic carbocycles. The largest absolute Gasteiger partial charge is 0.493 e. The molecule has 0 radical (unpaired) electrons. The van der Waals surface area contributed by atoms with Gasteiger partial charge in [0.2, 0.25) is 5.75 Å². The van der Waals surface area contributed by atoms with Crippen molar-refractivity contribution in [1.82, 2.24) is 9.97 Å². The monoisotopic (exact) mass is 343 g/mol. The molecule has 0 saturated heterocycles. The Labute approximate surface area is 146 Å². The highest BCUT2D eigenvalue weighted by Gasteiger charge is 2.31. The zero-order chi connectivity index (χ0) is 18.1. The predicted molar refractivity (Wildman–Crippen MR) is 92.7 cm³/mol. The number of benzene rings is 1. The molecule has 7 nitrogen and oxygen atoms in total. The van der Waals surface area contributed by atoms with E-state index in [0.717, 1.165) is 5.56 Å². The van der Waals surface area contributed by atoms with Crippen LogP contribution in [0, 0.1) is 6.92 Å². The highest BCUT2D eigenvalue weighted by atomic mass is 16.5. The van der Waals surface area contributed by atoms with Crippen LogP contribution in [0.15, 0.2) is 12.1 Å².